The summed E-state index contributed by atoms with van der Waals surface area (Å²) < 4.78 is 78.9. The van der Waals surface area contributed by atoms with E-state index in [4.69, 9.17) is 52.1 Å². The maximum absolute atomic E-state index is 12.2. The third-order valence-electron chi connectivity index (χ3n) is 17.4. The van der Waals surface area contributed by atoms with Crippen molar-refractivity contribution >= 4 is 30.8 Å². The number of methoxy groups -OCH3 is 3. The maximum atomic E-state index is 12.2. The van der Waals surface area contributed by atoms with Gasteiger partial charge in [0.15, 0.2) is 5.78 Å². The number of esters is 3. The molecule has 0 aromatic rings. The Morgan fingerprint density at radius 2 is 0.852 bits per heavy atom. The molecule has 3 aliphatic carbocycles. The molecule has 3 saturated carbocycles. The van der Waals surface area contributed by atoms with Gasteiger partial charge < -0.3 is 61.4 Å². The maximum Gasteiger partial charge on any atom is 0.330 e. The highest BCUT2D eigenvalue weighted by atomic mass is 31.2. The van der Waals surface area contributed by atoms with Crippen LogP contribution >= 0.6 is 7.14 Å². The Morgan fingerprint density at radius 3 is 1.12 bits per heavy atom. The first-order valence-electron chi connectivity index (χ1n) is 29.0. The van der Waals surface area contributed by atoms with Gasteiger partial charge in [0.2, 0.25) is 0 Å². The van der Waals surface area contributed by atoms with Crippen molar-refractivity contribution in [3.8, 4) is 0 Å². The van der Waals surface area contributed by atoms with E-state index in [9.17, 15) is 23.7 Å². The van der Waals surface area contributed by atoms with E-state index in [0.717, 1.165) is 82.3 Å². The average Bonchev–Trinajstić information content (AvgIpc) is 4.10. The van der Waals surface area contributed by atoms with E-state index in [1.807, 2.05) is 13.8 Å². The minimum Gasteiger partial charge on any atom is -0.466 e. The fourth-order valence-electron chi connectivity index (χ4n) is 13.0. The zero-order valence-electron chi connectivity index (χ0n) is 51.3. The number of carbonyl (C=O) groups excluding carboxylic acids is 4. The number of hydrogen-bond acceptors (Lipinski definition) is 17. The van der Waals surface area contributed by atoms with Gasteiger partial charge in [-0.1, -0.05) is 42.4 Å². The number of carbonyl (C=O) groups is 4. The Balaban J connectivity index is 0.000000206. The van der Waals surface area contributed by atoms with E-state index in [1.54, 1.807) is 53.7 Å². The van der Waals surface area contributed by atoms with Crippen molar-refractivity contribution in [1.82, 2.24) is 0 Å². The van der Waals surface area contributed by atoms with Crippen molar-refractivity contribution < 1.29 is 80.6 Å². The summed E-state index contributed by atoms with van der Waals surface area (Å²) in [4.78, 5) is 46.7. The Hall–Kier alpha value is -3.35. The van der Waals surface area contributed by atoms with Crippen LogP contribution in [0.15, 0.2) is 58.2 Å². The van der Waals surface area contributed by atoms with Crippen LogP contribution < -0.4 is 0 Å². The molecule has 9 rings (SSSR count). The second-order valence-corrected chi connectivity index (χ2v) is 28.3. The van der Waals surface area contributed by atoms with Gasteiger partial charge in [-0.25, -0.2) is 9.59 Å². The highest BCUT2D eigenvalue weighted by Gasteiger charge is 2.74. The van der Waals surface area contributed by atoms with Gasteiger partial charge in [-0.15, -0.1) is 0 Å². The molecule has 9 fully saturated rings. The van der Waals surface area contributed by atoms with Crippen LogP contribution in [0.4, 0.5) is 0 Å². The lowest BCUT2D eigenvalue weighted by Gasteiger charge is -2.40. The Kier molecular flexibility index (Phi) is 23.5. The van der Waals surface area contributed by atoms with Gasteiger partial charge in [-0.05, 0) is 159 Å². The highest BCUT2D eigenvalue weighted by Crippen LogP contribution is 2.62. The third-order valence-corrected chi connectivity index (χ3v) is 18.5. The van der Waals surface area contributed by atoms with Crippen LogP contribution in [0.3, 0.4) is 0 Å². The first kappa shape index (κ1) is 68.4. The third kappa shape index (κ3) is 16.8. The van der Waals surface area contributed by atoms with Crippen molar-refractivity contribution in [1.29, 1.82) is 0 Å². The van der Waals surface area contributed by atoms with Crippen LogP contribution in [-0.4, -0.2) is 174 Å². The van der Waals surface area contributed by atoms with E-state index in [-0.39, 0.29) is 125 Å². The minimum absolute atomic E-state index is 0. The van der Waals surface area contributed by atoms with E-state index in [0.29, 0.717) is 26.2 Å². The van der Waals surface area contributed by atoms with E-state index >= 15 is 0 Å². The molecule has 0 N–H and O–H groups in total. The monoisotopic (exact) mass is 1160 g/mol. The lowest BCUT2D eigenvalue weighted by Crippen LogP contribution is -2.52. The Labute approximate surface area is 484 Å². The largest absolute Gasteiger partial charge is 0.466 e. The molecule has 17 nitrogen and oxygen atoms in total. The molecule has 0 amide bonds. The van der Waals surface area contributed by atoms with Crippen molar-refractivity contribution in [3.63, 3.8) is 0 Å². The zero-order chi connectivity index (χ0) is 59.2. The summed E-state index contributed by atoms with van der Waals surface area (Å²) in [5.74, 6) is -0.559. The minimum atomic E-state index is -2.23. The van der Waals surface area contributed by atoms with Crippen molar-refractivity contribution in [2.24, 2.45) is 17.8 Å². The number of allylic oxidation sites excluding steroid dienone is 3. The zero-order valence-corrected chi connectivity index (χ0v) is 52.2. The summed E-state index contributed by atoms with van der Waals surface area (Å²) in [6.07, 6.45) is 17.1. The van der Waals surface area contributed by atoms with Crippen LogP contribution in [0.1, 0.15) is 148 Å². The number of ketones is 1. The molecule has 0 unspecified atom stereocenters. The molecule has 460 valence electrons. The van der Waals surface area contributed by atoms with Gasteiger partial charge in [-0.2, -0.15) is 0 Å². The fraction of sp³-hybridized carbons (Fsp3) is 0.778. The molecule has 9 aliphatic rings. The Morgan fingerprint density at radius 1 is 0.543 bits per heavy atom. The summed E-state index contributed by atoms with van der Waals surface area (Å²) in [5, 5.41) is 0. The molecule has 81 heavy (non-hydrogen) atoms. The lowest BCUT2D eigenvalue weighted by molar-refractivity contribution is -0.142. The first-order valence-corrected chi connectivity index (χ1v) is 31.8. The number of Topliss-reactive ketones (excluding diaryl/α,β-unsaturated/α-hetero) is 1. The van der Waals surface area contributed by atoms with Crippen LogP contribution in [0.25, 0.3) is 0 Å². The molecular weight excluding hydrogens is 1060 g/mol. The van der Waals surface area contributed by atoms with Gasteiger partial charge in [0, 0.05) is 39.9 Å². The SMILES string of the molecule is C.CCOC(=O)C=C1CC[C@]2(CO2)[C@@H]([C@@]2(C)O[C@@H]2CC=C(C)C)[C@@H]1OC.CCOC(=O)C=C1CC[C@]2(CO2)[C@@H]([C@@]2(C)O[C@@H]2CC=C(C)C)[C@@H]1OC.CCOC(=O)CP(C)(C)=O.CO[C@@H]1C(=O)CC[C@]2(CO2)[C@H]1[C@@]1(C)O[C@@H]1CC=C(C)C. The summed E-state index contributed by atoms with van der Waals surface area (Å²) in [5.41, 5.74) is 4.51. The first-order chi connectivity index (χ1) is 37.6. The molecule has 0 bridgehead atoms. The highest BCUT2D eigenvalue weighted by molar-refractivity contribution is 7.63. The molecule has 0 radical (unpaired) electrons. The normalized spacial score (nSPS) is 38.0. The van der Waals surface area contributed by atoms with Crippen molar-refractivity contribution in [3.05, 3.63) is 58.2 Å². The molecule has 6 saturated heterocycles. The molecule has 18 heteroatoms. The smallest absolute Gasteiger partial charge is 0.330 e. The van der Waals surface area contributed by atoms with Crippen LogP contribution in [0.5, 0.6) is 0 Å². The quantitative estimate of drug-likeness (QED) is 0.0293. The fourth-order valence-corrected chi connectivity index (χ4v) is 13.7. The van der Waals surface area contributed by atoms with Crippen LogP contribution in [-0.2, 0) is 80.6 Å². The van der Waals surface area contributed by atoms with Crippen LogP contribution in [0.2, 0.25) is 0 Å². The molecular formula is C63H101O17P. The summed E-state index contributed by atoms with van der Waals surface area (Å²) in [6.45, 7) is 30.9. The number of rotatable bonds is 19. The van der Waals surface area contributed by atoms with Gasteiger partial charge in [-0.3, -0.25) is 9.59 Å². The standard InChI is InChI=1S/2C20H30O5.C16H24O4.C6H13O3P.CH4/c2*1-6-23-16(21)11-14-9-10-20(12-24-20)18(17(14)22-5)19(4)15(25-19)8-7-13(2)3;1-10(2)5-6-12-15(3,20-12)14-13(18-4)11(17)7-8-16(14)9-19-16;1-4-9-6(7)5-10(2,3)8;/h2*7,11,15,17-18H,6,8-10,12H2,1-5H3;5,12-14H,6-9H2,1-4H3;4-5H2,1-3H3;1H4/t2*15-,17-,18-,19+,20+;12-,13-,14-,15+,16+;;/m111../s1. The molecule has 0 aromatic heterocycles. The van der Waals surface area contributed by atoms with Crippen molar-refractivity contribution in [2.75, 3.05) is 80.5 Å². The molecule has 3 spiro atoms. The molecule has 0 aromatic carbocycles. The number of ether oxygens (including phenoxy) is 12. The summed E-state index contributed by atoms with van der Waals surface area (Å²) in [7, 11) is 2.80. The van der Waals surface area contributed by atoms with Gasteiger partial charge >= 0.3 is 17.9 Å². The summed E-state index contributed by atoms with van der Waals surface area (Å²) >= 11 is 0. The molecule has 15 atom stereocenters. The number of epoxide rings is 6. The van der Waals surface area contributed by atoms with Crippen LogP contribution in [0, 0.1) is 17.8 Å². The topological polar surface area (TPSA) is 216 Å². The van der Waals surface area contributed by atoms with Crippen molar-refractivity contribution in [2.45, 2.75) is 219 Å². The van der Waals surface area contributed by atoms with Gasteiger partial charge in [0.25, 0.3) is 0 Å². The predicted molar refractivity (Wildman–Crippen MR) is 311 cm³/mol. The second-order valence-electron chi connectivity index (χ2n) is 24.8. The summed E-state index contributed by atoms with van der Waals surface area (Å²) in [6, 6.07) is 0. The molecule has 6 heterocycles. The average molecular weight is 1160 g/mol. The Bertz CT molecular complexity index is 2310. The van der Waals surface area contributed by atoms with Gasteiger partial charge in [0.1, 0.15) is 39.7 Å². The van der Waals surface area contributed by atoms with Gasteiger partial charge in [0.05, 0.1) is 101 Å². The van der Waals surface area contributed by atoms with E-state index < -0.39 is 7.14 Å². The second kappa shape index (κ2) is 27.8. The number of hydrogen-bond donors (Lipinski definition) is 0. The molecule has 6 aliphatic heterocycles. The lowest BCUT2D eigenvalue weighted by atomic mass is 9.67. The van der Waals surface area contributed by atoms with E-state index in [1.165, 1.54) is 16.7 Å². The van der Waals surface area contributed by atoms with E-state index in [2.05, 4.69) is 85.3 Å². The predicted octanol–water partition coefficient (Wildman–Crippen LogP) is 10.4.